The van der Waals surface area contributed by atoms with Crippen LogP contribution in [-0.2, 0) is 0 Å². The smallest absolute Gasteiger partial charge is 0.132 e. The SMILES string of the molecule is Cc1ncccc1Nc1cccc(N)n1. The largest absolute Gasteiger partial charge is 0.384 e. The summed E-state index contributed by atoms with van der Waals surface area (Å²) in [7, 11) is 0. The van der Waals surface area contributed by atoms with Gasteiger partial charge in [-0.3, -0.25) is 4.98 Å². The molecule has 0 saturated carbocycles. The molecule has 0 fully saturated rings. The maximum Gasteiger partial charge on any atom is 0.132 e. The van der Waals surface area contributed by atoms with Crippen molar-refractivity contribution in [3.63, 3.8) is 0 Å². The Morgan fingerprint density at radius 3 is 2.80 bits per heavy atom. The van der Waals surface area contributed by atoms with Gasteiger partial charge in [0.25, 0.3) is 0 Å². The Morgan fingerprint density at radius 1 is 1.20 bits per heavy atom. The molecule has 0 amide bonds. The number of nitrogens with one attached hydrogen (secondary N) is 1. The molecule has 0 aliphatic rings. The van der Waals surface area contributed by atoms with Crippen LogP contribution in [0.4, 0.5) is 17.3 Å². The van der Waals surface area contributed by atoms with Crippen molar-refractivity contribution >= 4 is 17.3 Å². The van der Waals surface area contributed by atoms with Gasteiger partial charge in [-0.1, -0.05) is 6.07 Å². The molecule has 0 bridgehead atoms. The zero-order valence-electron chi connectivity index (χ0n) is 8.44. The summed E-state index contributed by atoms with van der Waals surface area (Å²) in [5, 5.41) is 3.16. The first-order valence-corrected chi connectivity index (χ1v) is 4.67. The fraction of sp³-hybridized carbons (Fsp3) is 0.0909. The summed E-state index contributed by atoms with van der Waals surface area (Å²) >= 11 is 0. The first kappa shape index (κ1) is 9.45. The van der Waals surface area contributed by atoms with Crippen molar-refractivity contribution in [2.75, 3.05) is 11.1 Å². The highest BCUT2D eigenvalue weighted by atomic mass is 15.0. The number of hydrogen-bond donors (Lipinski definition) is 2. The molecule has 0 aromatic carbocycles. The van der Waals surface area contributed by atoms with Gasteiger partial charge >= 0.3 is 0 Å². The van der Waals surface area contributed by atoms with Crippen LogP contribution in [0.25, 0.3) is 0 Å². The molecule has 15 heavy (non-hydrogen) atoms. The van der Waals surface area contributed by atoms with Gasteiger partial charge < -0.3 is 11.1 Å². The minimum atomic E-state index is 0.501. The number of nitrogen functional groups attached to an aromatic ring is 1. The van der Waals surface area contributed by atoms with Crippen LogP contribution in [0.5, 0.6) is 0 Å². The van der Waals surface area contributed by atoms with Crippen LogP contribution >= 0.6 is 0 Å². The zero-order chi connectivity index (χ0) is 10.7. The standard InChI is InChI=1S/C11H12N4/c1-8-9(4-3-7-13-8)14-11-6-2-5-10(12)15-11/h2-7H,1H3,(H3,12,14,15). The third-order valence-corrected chi connectivity index (χ3v) is 2.04. The first-order chi connectivity index (χ1) is 7.25. The lowest BCUT2D eigenvalue weighted by atomic mass is 10.3. The molecule has 0 aliphatic heterocycles. The quantitative estimate of drug-likeness (QED) is 0.779. The summed E-state index contributed by atoms with van der Waals surface area (Å²) in [5.74, 6) is 1.23. The minimum absolute atomic E-state index is 0.501. The van der Waals surface area contributed by atoms with E-state index in [4.69, 9.17) is 5.73 Å². The highest BCUT2D eigenvalue weighted by Gasteiger charge is 1.99. The Balaban J connectivity index is 2.26. The molecular formula is C11H12N4. The lowest BCUT2D eigenvalue weighted by molar-refractivity contribution is 1.19. The number of hydrogen-bond acceptors (Lipinski definition) is 4. The van der Waals surface area contributed by atoms with Crippen LogP contribution in [-0.4, -0.2) is 9.97 Å². The predicted molar refractivity (Wildman–Crippen MR) is 60.9 cm³/mol. The Hall–Kier alpha value is -2.10. The predicted octanol–water partition coefficient (Wildman–Crippen LogP) is 2.11. The number of aromatic nitrogens is 2. The number of nitrogens with two attached hydrogens (primary N) is 1. The number of rotatable bonds is 2. The van der Waals surface area contributed by atoms with E-state index in [9.17, 15) is 0 Å². The van der Waals surface area contributed by atoms with Crippen molar-refractivity contribution in [2.45, 2.75) is 6.92 Å². The number of pyridine rings is 2. The Labute approximate surface area is 88.2 Å². The third kappa shape index (κ3) is 2.22. The molecule has 2 aromatic heterocycles. The highest BCUT2D eigenvalue weighted by Crippen LogP contribution is 2.17. The van der Waals surface area contributed by atoms with Crippen LogP contribution in [0.3, 0.4) is 0 Å². The molecule has 4 heteroatoms. The van der Waals surface area contributed by atoms with E-state index in [0.29, 0.717) is 5.82 Å². The van der Waals surface area contributed by atoms with Crippen molar-refractivity contribution in [3.8, 4) is 0 Å². The van der Waals surface area contributed by atoms with E-state index >= 15 is 0 Å². The number of nitrogens with zero attached hydrogens (tertiary/aromatic N) is 2. The minimum Gasteiger partial charge on any atom is -0.384 e. The van der Waals surface area contributed by atoms with E-state index in [1.807, 2.05) is 31.2 Å². The topological polar surface area (TPSA) is 63.8 Å². The van der Waals surface area contributed by atoms with Crippen LogP contribution in [0.2, 0.25) is 0 Å². The van der Waals surface area contributed by atoms with Gasteiger partial charge in [-0.2, -0.15) is 0 Å². The van der Waals surface area contributed by atoms with E-state index in [1.165, 1.54) is 0 Å². The highest BCUT2D eigenvalue weighted by molar-refractivity contribution is 5.59. The molecule has 0 unspecified atom stereocenters. The Morgan fingerprint density at radius 2 is 2.07 bits per heavy atom. The summed E-state index contributed by atoms with van der Waals surface area (Å²) in [6.07, 6.45) is 1.76. The fourth-order valence-corrected chi connectivity index (χ4v) is 1.28. The van der Waals surface area contributed by atoms with Crippen LogP contribution in [0.15, 0.2) is 36.5 Å². The summed E-state index contributed by atoms with van der Waals surface area (Å²) in [5.41, 5.74) is 7.46. The molecule has 0 atom stereocenters. The molecule has 2 rings (SSSR count). The van der Waals surface area contributed by atoms with Crippen molar-refractivity contribution in [1.29, 1.82) is 0 Å². The fourth-order valence-electron chi connectivity index (χ4n) is 1.28. The van der Waals surface area contributed by atoms with Crippen LogP contribution < -0.4 is 11.1 Å². The van der Waals surface area contributed by atoms with Gasteiger partial charge in [-0.15, -0.1) is 0 Å². The van der Waals surface area contributed by atoms with E-state index in [-0.39, 0.29) is 0 Å². The number of anilines is 3. The molecule has 76 valence electrons. The summed E-state index contributed by atoms with van der Waals surface area (Å²) < 4.78 is 0. The van der Waals surface area contributed by atoms with Gasteiger partial charge in [0.2, 0.25) is 0 Å². The van der Waals surface area contributed by atoms with Gasteiger partial charge in [0, 0.05) is 6.20 Å². The van der Waals surface area contributed by atoms with Gasteiger partial charge in [-0.05, 0) is 31.2 Å². The van der Waals surface area contributed by atoms with Gasteiger partial charge in [0.05, 0.1) is 11.4 Å². The average Bonchev–Trinajstić information content (AvgIpc) is 2.22. The van der Waals surface area contributed by atoms with E-state index in [2.05, 4.69) is 15.3 Å². The molecule has 2 aromatic rings. The molecule has 0 radical (unpaired) electrons. The van der Waals surface area contributed by atoms with Crippen molar-refractivity contribution in [1.82, 2.24) is 9.97 Å². The van der Waals surface area contributed by atoms with Gasteiger partial charge in [0.1, 0.15) is 11.6 Å². The second-order valence-electron chi connectivity index (χ2n) is 3.21. The first-order valence-electron chi connectivity index (χ1n) is 4.67. The molecule has 4 nitrogen and oxygen atoms in total. The lowest BCUT2D eigenvalue weighted by Crippen LogP contribution is -1.98. The van der Waals surface area contributed by atoms with Crippen molar-refractivity contribution < 1.29 is 0 Å². The zero-order valence-corrected chi connectivity index (χ0v) is 8.44. The molecule has 2 heterocycles. The molecule has 0 spiro atoms. The summed E-state index contributed by atoms with van der Waals surface area (Å²) in [6, 6.07) is 9.30. The molecule has 3 N–H and O–H groups in total. The third-order valence-electron chi connectivity index (χ3n) is 2.04. The second kappa shape index (κ2) is 3.96. The summed E-state index contributed by atoms with van der Waals surface area (Å²) in [4.78, 5) is 8.32. The maximum absolute atomic E-state index is 5.58. The monoisotopic (exact) mass is 200 g/mol. The molecule has 0 aliphatic carbocycles. The van der Waals surface area contributed by atoms with Crippen molar-refractivity contribution in [3.05, 3.63) is 42.2 Å². The van der Waals surface area contributed by atoms with Crippen LogP contribution in [0.1, 0.15) is 5.69 Å². The van der Waals surface area contributed by atoms with Gasteiger partial charge in [-0.25, -0.2) is 4.98 Å². The maximum atomic E-state index is 5.58. The molecule has 0 saturated heterocycles. The second-order valence-corrected chi connectivity index (χ2v) is 3.21. The lowest BCUT2D eigenvalue weighted by Gasteiger charge is -2.07. The average molecular weight is 200 g/mol. The van der Waals surface area contributed by atoms with E-state index in [1.54, 1.807) is 12.3 Å². The normalized spacial score (nSPS) is 9.93. The number of aryl methyl sites for hydroxylation is 1. The Kier molecular flexibility index (Phi) is 2.49. The van der Waals surface area contributed by atoms with Crippen LogP contribution in [0, 0.1) is 6.92 Å². The van der Waals surface area contributed by atoms with Crippen molar-refractivity contribution in [2.24, 2.45) is 0 Å². The van der Waals surface area contributed by atoms with E-state index < -0.39 is 0 Å². The van der Waals surface area contributed by atoms with E-state index in [0.717, 1.165) is 17.2 Å². The summed E-state index contributed by atoms with van der Waals surface area (Å²) in [6.45, 7) is 1.94. The Bertz CT molecular complexity index is 468. The molecular weight excluding hydrogens is 188 g/mol. The van der Waals surface area contributed by atoms with Gasteiger partial charge in [0.15, 0.2) is 0 Å².